The van der Waals surface area contributed by atoms with Crippen molar-refractivity contribution >= 4 is 78.0 Å². The van der Waals surface area contributed by atoms with Gasteiger partial charge >= 0.3 is 101 Å². The molecule has 204 valence electrons. The van der Waals surface area contributed by atoms with Crippen molar-refractivity contribution in [3.05, 3.63) is 11.4 Å². The van der Waals surface area contributed by atoms with Crippen molar-refractivity contribution < 1.29 is 0 Å². The van der Waals surface area contributed by atoms with Gasteiger partial charge in [0.25, 0.3) is 0 Å². The first kappa shape index (κ1) is 36.5. The largest absolute Gasteiger partial charge is 0.0743 e. The Kier molecular flexibility index (Phi) is 12.9. The van der Waals surface area contributed by atoms with E-state index in [0.29, 0.717) is 12.1 Å². The summed E-state index contributed by atoms with van der Waals surface area (Å²) in [6.07, 6.45) is 0. The zero-order chi connectivity index (χ0) is 28.7. The minimum atomic E-state index is -1.05. The van der Waals surface area contributed by atoms with Gasteiger partial charge in [0.15, 0.2) is 0 Å². The molecule has 0 aromatic rings. The van der Waals surface area contributed by atoms with Crippen LogP contribution in [0.25, 0.3) is 0 Å². The molecule has 0 spiro atoms. The summed E-state index contributed by atoms with van der Waals surface area (Å²) in [5.74, 6) is 0. The molecule has 0 bridgehead atoms. The van der Waals surface area contributed by atoms with Gasteiger partial charge in [-0.15, -0.1) is 0 Å². The Labute approximate surface area is 242 Å². The van der Waals surface area contributed by atoms with E-state index in [-0.39, 0.29) is 14.7 Å². The predicted molar refractivity (Wildman–Crippen MR) is 185 cm³/mol. The molecule has 0 amide bonds. The Hall–Kier alpha value is 1.53. The molecule has 1 heterocycles. The Bertz CT molecular complexity index is 679. The Morgan fingerprint density at radius 3 is 0.829 bits per heavy atom. The second-order valence-corrected chi connectivity index (χ2v) is 84.8. The van der Waals surface area contributed by atoms with Gasteiger partial charge in [-0.2, -0.15) is 0 Å². The van der Waals surface area contributed by atoms with Gasteiger partial charge in [-0.05, 0) is 0 Å². The molecule has 0 atom stereocenters. The number of allylic oxidation sites excluding steroid dienone is 2. The standard InChI is InChI=1S/C14H42Si7.C11H20N2.Sn/c1-17(2,3)15(18(4,5)6)21(13,14)16(19(7,8)9)20(10,11)12;1-8(2)12-7-13(9(3)4)11(6)10(12)5;/h1-14H3;8-9H,1-6H3;. The molecular weight excluding hydrogens is 644 g/mol. The Balaban J connectivity index is 0.000000712. The minimum Gasteiger partial charge on any atom is -0.0743 e. The van der Waals surface area contributed by atoms with Gasteiger partial charge in [0.05, 0.1) is 0 Å². The van der Waals surface area contributed by atoms with Crippen LogP contribution in [-0.2, 0) is 0 Å². The Morgan fingerprint density at radius 1 is 0.514 bits per heavy atom. The molecule has 0 N–H and O–H groups in total. The molecule has 10 heteroatoms. The maximum absolute atomic E-state index is 2.89. The van der Waals surface area contributed by atoms with Crippen LogP contribution in [0.2, 0.25) is 91.7 Å². The molecule has 0 saturated heterocycles. The summed E-state index contributed by atoms with van der Waals surface area (Å²) in [6.45, 7) is 51.9. The first-order valence-corrected chi connectivity index (χ1v) is 41.1. The number of hydrogen-bond acceptors (Lipinski definition) is 2. The topological polar surface area (TPSA) is 6.48 Å². The van der Waals surface area contributed by atoms with Gasteiger partial charge in [-0.3, -0.25) is 0 Å². The third kappa shape index (κ3) is 9.30. The molecule has 0 aromatic heterocycles. The maximum atomic E-state index is 2.89. The molecule has 35 heavy (non-hydrogen) atoms. The van der Waals surface area contributed by atoms with Crippen LogP contribution in [0.5, 0.6) is 0 Å². The fourth-order valence-electron chi connectivity index (χ4n) is 8.17. The van der Waals surface area contributed by atoms with Crippen LogP contribution in [-0.4, -0.2) is 99.9 Å². The van der Waals surface area contributed by atoms with Crippen molar-refractivity contribution in [2.45, 2.75) is 145 Å². The molecule has 1 rings (SSSR count). The van der Waals surface area contributed by atoms with E-state index in [1.165, 1.54) is 37.2 Å². The molecule has 0 fully saturated rings. The summed E-state index contributed by atoms with van der Waals surface area (Å²) < 4.78 is 1.46. The van der Waals surface area contributed by atoms with Crippen LogP contribution in [0.4, 0.5) is 0 Å². The van der Waals surface area contributed by atoms with Gasteiger partial charge in [0.2, 0.25) is 0 Å². The van der Waals surface area contributed by atoms with Crippen LogP contribution in [0.3, 0.4) is 0 Å². The average molecular weight is 706 g/mol. The van der Waals surface area contributed by atoms with Crippen molar-refractivity contribution in [3.63, 3.8) is 0 Å². The first-order chi connectivity index (χ1) is 15.1. The second-order valence-electron chi connectivity index (χ2n) is 15.8. The Morgan fingerprint density at radius 2 is 0.714 bits per heavy atom. The fourth-order valence-corrected chi connectivity index (χ4v) is 237. The molecule has 0 aliphatic carbocycles. The normalized spacial score (nSPS) is 16.9. The summed E-state index contributed by atoms with van der Waals surface area (Å²) in [5.41, 5.74) is 2.83. The zero-order valence-corrected chi connectivity index (χ0v) is 37.4. The van der Waals surface area contributed by atoms with E-state index < -0.39 is 37.5 Å². The van der Waals surface area contributed by atoms with Crippen LogP contribution in [0.1, 0.15) is 41.5 Å². The molecule has 0 aromatic carbocycles. The number of nitrogens with zero attached hydrogens (tertiary/aromatic N) is 2. The number of rotatable bonds is 8. The van der Waals surface area contributed by atoms with Crippen molar-refractivity contribution in [1.29, 1.82) is 0 Å². The molecule has 4 radical (unpaired) electrons. The summed E-state index contributed by atoms with van der Waals surface area (Å²) in [5, 5.41) is 0. The van der Waals surface area contributed by atoms with Crippen molar-refractivity contribution in [1.82, 2.24) is 9.80 Å². The van der Waals surface area contributed by atoms with Crippen LogP contribution in [0.15, 0.2) is 11.4 Å². The quantitative estimate of drug-likeness (QED) is 0.243. The van der Waals surface area contributed by atoms with E-state index in [1.807, 2.05) is 0 Å². The van der Waals surface area contributed by atoms with E-state index in [0.717, 1.165) is 0 Å². The van der Waals surface area contributed by atoms with Gasteiger partial charge < -0.3 is 0 Å². The van der Waals surface area contributed by atoms with E-state index in [9.17, 15) is 0 Å². The monoisotopic (exact) mass is 706 g/mol. The van der Waals surface area contributed by atoms with Gasteiger partial charge in [0.1, 0.15) is 0 Å². The third-order valence-corrected chi connectivity index (χ3v) is 132. The van der Waals surface area contributed by atoms with Gasteiger partial charge in [-0.25, -0.2) is 0 Å². The number of hydrogen-bond donors (Lipinski definition) is 0. The molecule has 2 nitrogen and oxygen atoms in total. The maximum Gasteiger partial charge on any atom is 0.0303 e. The fraction of sp³-hybridized carbons (Fsp3) is 0.880. The first-order valence-electron chi connectivity index (χ1n) is 13.7. The van der Waals surface area contributed by atoms with E-state index in [2.05, 4.69) is 143 Å². The van der Waals surface area contributed by atoms with E-state index >= 15 is 0 Å². The summed E-state index contributed by atoms with van der Waals surface area (Å²) in [6, 6.07) is 1.14. The zero-order valence-electron chi connectivity index (χ0n) is 27.5. The van der Waals surface area contributed by atoms with Crippen molar-refractivity contribution in [2.75, 3.05) is 0 Å². The van der Waals surface area contributed by atoms with E-state index in [1.54, 1.807) is 0 Å². The summed E-state index contributed by atoms with van der Waals surface area (Å²) in [7, 11) is -5.15. The third-order valence-electron chi connectivity index (χ3n) is 6.99. The molecule has 0 saturated carbocycles. The summed E-state index contributed by atoms with van der Waals surface area (Å²) in [4.78, 5) is 4.90. The molecule has 0 unspecified atom stereocenters. The second kappa shape index (κ2) is 12.4. The predicted octanol–water partition coefficient (Wildman–Crippen LogP) is 7.44. The smallest absolute Gasteiger partial charge is 0.0303 e. The molecule has 1 aliphatic rings. The van der Waals surface area contributed by atoms with E-state index in [4.69, 9.17) is 0 Å². The average Bonchev–Trinajstić information content (AvgIpc) is 2.69. The van der Waals surface area contributed by atoms with Crippen LogP contribution < -0.4 is 0 Å². The van der Waals surface area contributed by atoms with Gasteiger partial charge in [-0.1, -0.05) is 91.7 Å². The molecular formula is C25H62N2Si7Sn. The van der Waals surface area contributed by atoms with Crippen molar-refractivity contribution in [2.24, 2.45) is 0 Å². The minimum absolute atomic E-state index is 0.0840. The van der Waals surface area contributed by atoms with Crippen molar-refractivity contribution in [3.8, 4) is 0 Å². The van der Waals surface area contributed by atoms with Crippen LogP contribution >= 0.6 is 0 Å². The van der Waals surface area contributed by atoms with Crippen LogP contribution in [0, 0.1) is 0 Å². The SMILES string of the molecule is CC1=C(C)N(C(C)C)[C](=[Sn])N1C(C)C.C[Si](C)(C)[Si]([Si](C)(C)C)[Si](C)(C)[Si]([Si](C)(C)C)[Si](C)(C)C. The van der Waals surface area contributed by atoms with Gasteiger partial charge in [0, 0.05) is 52.2 Å². The summed E-state index contributed by atoms with van der Waals surface area (Å²) >= 11 is 1.50. The molecule has 1 aliphatic heterocycles.